The highest BCUT2D eigenvalue weighted by atomic mass is 35.5. The van der Waals surface area contributed by atoms with Gasteiger partial charge in [0, 0.05) is 20.3 Å². The molecule has 0 aromatic carbocycles. The van der Waals surface area contributed by atoms with Crippen molar-refractivity contribution in [2.24, 2.45) is 0 Å². The highest BCUT2D eigenvalue weighted by Crippen LogP contribution is 2.23. The van der Waals surface area contributed by atoms with Gasteiger partial charge in [-0.2, -0.15) is 0 Å². The fourth-order valence-electron chi connectivity index (χ4n) is 1.62. The van der Waals surface area contributed by atoms with Crippen molar-refractivity contribution in [1.82, 2.24) is 14.6 Å². The van der Waals surface area contributed by atoms with Crippen molar-refractivity contribution in [2.45, 2.75) is 12.3 Å². The molecule has 0 aliphatic rings. The Morgan fingerprint density at radius 2 is 2.20 bits per heavy atom. The SMILES string of the molecule is CC(Cl)c1nc2cnccc2n1N(C)C. The first kappa shape index (κ1) is 10.2. The van der Waals surface area contributed by atoms with Crippen LogP contribution in [0.1, 0.15) is 18.1 Å². The minimum atomic E-state index is -0.125. The second-order valence-corrected chi connectivity index (χ2v) is 4.26. The third kappa shape index (κ3) is 1.65. The van der Waals surface area contributed by atoms with Gasteiger partial charge in [0.1, 0.15) is 11.3 Å². The quantitative estimate of drug-likeness (QED) is 0.731. The van der Waals surface area contributed by atoms with Gasteiger partial charge in [0.25, 0.3) is 0 Å². The van der Waals surface area contributed by atoms with Gasteiger partial charge in [-0.25, -0.2) is 9.66 Å². The summed E-state index contributed by atoms with van der Waals surface area (Å²) in [5.41, 5.74) is 1.89. The molecule has 4 nitrogen and oxygen atoms in total. The molecule has 5 heteroatoms. The lowest BCUT2D eigenvalue weighted by Crippen LogP contribution is -2.26. The predicted octanol–water partition coefficient (Wildman–Crippen LogP) is 1.93. The van der Waals surface area contributed by atoms with Crippen molar-refractivity contribution in [3.05, 3.63) is 24.3 Å². The number of rotatable bonds is 2. The number of fused-ring (bicyclic) bond motifs is 1. The molecule has 2 rings (SSSR count). The van der Waals surface area contributed by atoms with Gasteiger partial charge in [0.15, 0.2) is 0 Å². The van der Waals surface area contributed by atoms with Gasteiger partial charge in [-0.3, -0.25) is 4.98 Å². The van der Waals surface area contributed by atoms with Gasteiger partial charge < -0.3 is 5.01 Å². The van der Waals surface area contributed by atoms with E-state index in [0.717, 1.165) is 16.9 Å². The number of nitrogens with zero attached hydrogens (tertiary/aromatic N) is 4. The molecule has 0 radical (unpaired) electrons. The number of aromatic nitrogens is 3. The van der Waals surface area contributed by atoms with Crippen LogP contribution in [0.4, 0.5) is 0 Å². The van der Waals surface area contributed by atoms with Gasteiger partial charge in [-0.05, 0) is 13.0 Å². The number of imidazole rings is 1. The molecule has 2 heterocycles. The van der Waals surface area contributed by atoms with Crippen LogP contribution in [0.5, 0.6) is 0 Å². The molecule has 0 bridgehead atoms. The smallest absolute Gasteiger partial charge is 0.146 e. The van der Waals surface area contributed by atoms with E-state index in [2.05, 4.69) is 9.97 Å². The lowest BCUT2D eigenvalue weighted by atomic mass is 10.4. The molecule has 0 saturated carbocycles. The minimum Gasteiger partial charge on any atom is -0.317 e. The third-order valence-corrected chi connectivity index (χ3v) is 2.41. The van der Waals surface area contributed by atoms with E-state index < -0.39 is 0 Å². The highest BCUT2D eigenvalue weighted by molar-refractivity contribution is 6.20. The first-order valence-electron chi connectivity index (χ1n) is 4.75. The standard InChI is InChI=1S/C10H13ClN4/c1-7(11)10-13-8-6-12-5-4-9(8)15(10)14(2)3/h4-7H,1-3H3. The molecule has 0 spiro atoms. The molecule has 0 N–H and O–H groups in total. The van der Waals surface area contributed by atoms with Gasteiger partial charge >= 0.3 is 0 Å². The van der Waals surface area contributed by atoms with Crippen LogP contribution in [0.3, 0.4) is 0 Å². The molecular formula is C10H13ClN4. The summed E-state index contributed by atoms with van der Waals surface area (Å²) in [6.45, 7) is 1.91. The van der Waals surface area contributed by atoms with E-state index in [4.69, 9.17) is 11.6 Å². The summed E-state index contributed by atoms with van der Waals surface area (Å²) in [5.74, 6) is 0.838. The Morgan fingerprint density at radius 1 is 1.47 bits per heavy atom. The normalized spacial score (nSPS) is 13.1. The summed E-state index contributed by atoms with van der Waals surface area (Å²) in [6.07, 6.45) is 3.50. The first-order valence-corrected chi connectivity index (χ1v) is 5.19. The van der Waals surface area contributed by atoms with E-state index in [1.165, 1.54) is 0 Å². The second kappa shape index (κ2) is 3.70. The molecule has 0 aliphatic heterocycles. The largest absolute Gasteiger partial charge is 0.317 e. The topological polar surface area (TPSA) is 34.0 Å². The fourth-order valence-corrected chi connectivity index (χ4v) is 1.76. The van der Waals surface area contributed by atoms with Crippen LogP contribution in [0.15, 0.2) is 18.5 Å². The summed E-state index contributed by atoms with van der Waals surface area (Å²) >= 11 is 6.09. The average molecular weight is 225 g/mol. The van der Waals surface area contributed by atoms with Crippen molar-refractivity contribution in [3.8, 4) is 0 Å². The first-order chi connectivity index (χ1) is 7.11. The van der Waals surface area contributed by atoms with Crippen LogP contribution in [0, 0.1) is 0 Å². The lowest BCUT2D eigenvalue weighted by molar-refractivity contribution is 0.694. The van der Waals surface area contributed by atoms with Gasteiger partial charge in [0.2, 0.25) is 0 Å². The van der Waals surface area contributed by atoms with Crippen molar-refractivity contribution >= 4 is 22.6 Å². The number of alkyl halides is 1. The molecule has 2 aromatic heterocycles. The molecule has 0 fully saturated rings. The summed E-state index contributed by atoms with van der Waals surface area (Å²) in [6, 6.07) is 1.94. The summed E-state index contributed by atoms with van der Waals surface area (Å²) in [7, 11) is 3.93. The van der Waals surface area contributed by atoms with E-state index in [9.17, 15) is 0 Å². The van der Waals surface area contributed by atoms with E-state index in [-0.39, 0.29) is 5.38 Å². The third-order valence-electron chi connectivity index (χ3n) is 2.21. The van der Waals surface area contributed by atoms with Gasteiger partial charge in [0.05, 0.1) is 17.1 Å². The van der Waals surface area contributed by atoms with E-state index >= 15 is 0 Å². The maximum Gasteiger partial charge on any atom is 0.146 e. The van der Waals surface area contributed by atoms with E-state index in [1.54, 1.807) is 12.4 Å². The Morgan fingerprint density at radius 3 is 2.80 bits per heavy atom. The molecule has 0 aliphatic carbocycles. The molecular weight excluding hydrogens is 212 g/mol. The molecule has 0 saturated heterocycles. The van der Waals surface area contributed by atoms with Crippen LogP contribution in [0.25, 0.3) is 11.0 Å². The Bertz CT molecular complexity index is 475. The van der Waals surface area contributed by atoms with Crippen molar-refractivity contribution in [1.29, 1.82) is 0 Å². The summed E-state index contributed by atoms with van der Waals surface area (Å²) in [4.78, 5) is 8.51. The maximum absolute atomic E-state index is 6.09. The van der Waals surface area contributed by atoms with Crippen LogP contribution in [-0.2, 0) is 0 Å². The number of hydrogen-bond donors (Lipinski definition) is 0. The average Bonchev–Trinajstić information content (AvgIpc) is 2.56. The number of halogens is 1. The van der Waals surface area contributed by atoms with Gasteiger partial charge in [-0.1, -0.05) is 0 Å². The van der Waals surface area contributed by atoms with Crippen LogP contribution in [0.2, 0.25) is 0 Å². The number of hydrogen-bond acceptors (Lipinski definition) is 3. The molecule has 80 valence electrons. The Labute approximate surface area is 93.5 Å². The van der Waals surface area contributed by atoms with Crippen LogP contribution < -0.4 is 5.01 Å². The Kier molecular flexibility index (Phi) is 2.52. The summed E-state index contributed by atoms with van der Waals surface area (Å²) in [5, 5.41) is 1.84. The summed E-state index contributed by atoms with van der Waals surface area (Å²) < 4.78 is 1.99. The second-order valence-electron chi connectivity index (χ2n) is 3.61. The Hall–Kier alpha value is -1.29. The van der Waals surface area contributed by atoms with Crippen molar-refractivity contribution in [2.75, 3.05) is 19.1 Å². The van der Waals surface area contributed by atoms with E-state index in [1.807, 2.05) is 36.8 Å². The lowest BCUT2D eigenvalue weighted by Gasteiger charge is -2.18. The minimum absolute atomic E-state index is 0.125. The molecule has 0 amide bonds. The number of pyridine rings is 1. The Balaban J connectivity index is 2.75. The molecule has 15 heavy (non-hydrogen) atoms. The molecule has 1 atom stereocenters. The fraction of sp³-hybridized carbons (Fsp3) is 0.400. The van der Waals surface area contributed by atoms with Gasteiger partial charge in [-0.15, -0.1) is 11.6 Å². The molecule has 2 aromatic rings. The van der Waals surface area contributed by atoms with Crippen LogP contribution >= 0.6 is 11.6 Å². The van der Waals surface area contributed by atoms with E-state index in [0.29, 0.717) is 0 Å². The highest BCUT2D eigenvalue weighted by Gasteiger charge is 2.15. The monoisotopic (exact) mass is 224 g/mol. The zero-order valence-corrected chi connectivity index (χ0v) is 9.73. The van der Waals surface area contributed by atoms with Crippen LogP contribution in [-0.4, -0.2) is 28.7 Å². The predicted molar refractivity (Wildman–Crippen MR) is 61.9 cm³/mol. The maximum atomic E-state index is 6.09. The van der Waals surface area contributed by atoms with Crippen molar-refractivity contribution in [3.63, 3.8) is 0 Å². The van der Waals surface area contributed by atoms with Crippen molar-refractivity contribution < 1.29 is 0 Å². The zero-order valence-electron chi connectivity index (χ0n) is 8.98. The zero-order chi connectivity index (χ0) is 11.0. The molecule has 1 unspecified atom stereocenters.